The maximum absolute atomic E-state index is 14.2. The van der Waals surface area contributed by atoms with Crippen LogP contribution in [0.1, 0.15) is 25.5 Å². The number of benzene rings is 2. The van der Waals surface area contributed by atoms with E-state index in [1.807, 2.05) is 19.9 Å². The van der Waals surface area contributed by atoms with Crippen LogP contribution in [0.5, 0.6) is 11.5 Å². The molecule has 3 nitrogen and oxygen atoms in total. The molecule has 2 aromatic rings. The molecule has 1 aliphatic rings. The fourth-order valence-corrected chi connectivity index (χ4v) is 3.61. The average Bonchev–Trinajstić information content (AvgIpc) is 3.21. The molecular formula is C23H19Cl2FO3. The number of halogens is 3. The summed E-state index contributed by atoms with van der Waals surface area (Å²) < 4.78 is 25.4. The van der Waals surface area contributed by atoms with Crippen molar-refractivity contribution in [2.24, 2.45) is 17.3 Å². The normalized spacial score (nSPS) is 20.1. The highest BCUT2D eigenvalue weighted by molar-refractivity contribution is 6.55. The van der Waals surface area contributed by atoms with E-state index < -0.39 is 23.8 Å². The predicted molar refractivity (Wildman–Crippen MR) is 111 cm³/mol. The lowest BCUT2D eigenvalue weighted by Gasteiger charge is -2.15. The number of hydrogen-bond donors (Lipinski definition) is 0. The second kappa shape index (κ2) is 8.49. The Balaban J connectivity index is 1.77. The Morgan fingerprint density at radius 3 is 2.55 bits per heavy atom. The van der Waals surface area contributed by atoms with Crippen molar-refractivity contribution in [3.05, 3.63) is 70.5 Å². The molecule has 3 rings (SSSR count). The van der Waals surface area contributed by atoms with Gasteiger partial charge in [0.15, 0.2) is 17.7 Å². The van der Waals surface area contributed by atoms with Crippen molar-refractivity contribution in [1.29, 1.82) is 0 Å². The Labute approximate surface area is 179 Å². The number of carbonyl (C=O) groups is 1. The van der Waals surface area contributed by atoms with Crippen LogP contribution in [-0.2, 0) is 9.53 Å². The number of hydrogen-bond acceptors (Lipinski definition) is 3. The maximum atomic E-state index is 14.2. The molecule has 3 atom stereocenters. The Hall–Kier alpha value is -2.48. The topological polar surface area (TPSA) is 35.5 Å². The van der Waals surface area contributed by atoms with E-state index in [0.29, 0.717) is 11.3 Å². The Morgan fingerprint density at radius 1 is 1.24 bits per heavy atom. The summed E-state index contributed by atoms with van der Waals surface area (Å²) in [5, 5.41) is 0. The highest BCUT2D eigenvalue weighted by Crippen LogP contribution is 2.60. The Bertz CT molecular complexity index is 975. The van der Waals surface area contributed by atoms with Crippen LogP contribution in [0.15, 0.2) is 59.1 Å². The van der Waals surface area contributed by atoms with Gasteiger partial charge in [0.05, 0.1) is 5.92 Å². The molecule has 1 saturated carbocycles. The minimum absolute atomic E-state index is 0.00789. The first-order valence-electron chi connectivity index (χ1n) is 8.96. The molecule has 3 unspecified atom stereocenters. The molecule has 0 radical (unpaired) electrons. The first-order valence-corrected chi connectivity index (χ1v) is 9.71. The quantitative estimate of drug-likeness (QED) is 0.389. The first-order chi connectivity index (χ1) is 13.7. The monoisotopic (exact) mass is 432 g/mol. The van der Waals surface area contributed by atoms with Crippen molar-refractivity contribution in [1.82, 2.24) is 0 Å². The molecule has 0 saturated heterocycles. The molecule has 2 aromatic carbocycles. The van der Waals surface area contributed by atoms with Crippen molar-refractivity contribution in [2.45, 2.75) is 20.0 Å². The SMILES string of the molecule is C#CC(OC(=O)C1C(C=C(Cl)Cl)C1(C)C)c1ccc(F)c(Oc2ccccc2)c1. The van der Waals surface area contributed by atoms with E-state index in [1.165, 1.54) is 18.2 Å². The van der Waals surface area contributed by atoms with E-state index in [2.05, 4.69) is 5.92 Å². The van der Waals surface area contributed by atoms with Crippen molar-refractivity contribution < 1.29 is 18.7 Å². The summed E-state index contributed by atoms with van der Waals surface area (Å²) in [5.74, 6) is 1.35. The standard InChI is InChI=1S/C23H19Cl2FO3/c1-4-18(29-22(27)21-16(13-20(24)25)23(21,2)3)14-10-11-17(26)19(12-14)28-15-8-6-5-7-9-15/h1,5-13,16,18,21H,2-3H3. The van der Waals surface area contributed by atoms with E-state index in [9.17, 15) is 9.18 Å². The summed E-state index contributed by atoms with van der Waals surface area (Å²) in [6.45, 7) is 3.84. The van der Waals surface area contributed by atoms with Gasteiger partial charge in [0.25, 0.3) is 0 Å². The maximum Gasteiger partial charge on any atom is 0.311 e. The lowest BCUT2D eigenvalue weighted by atomic mass is 10.1. The zero-order chi connectivity index (χ0) is 21.2. The van der Waals surface area contributed by atoms with Gasteiger partial charge in [0, 0.05) is 5.56 Å². The van der Waals surface area contributed by atoms with Crippen LogP contribution in [0.2, 0.25) is 0 Å². The van der Waals surface area contributed by atoms with Crippen LogP contribution in [0.4, 0.5) is 4.39 Å². The second-order valence-electron chi connectivity index (χ2n) is 7.37. The zero-order valence-electron chi connectivity index (χ0n) is 15.9. The van der Waals surface area contributed by atoms with E-state index in [1.54, 1.807) is 30.3 Å². The van der Waals surface area contributed by atoms with E-state index in [-0.39, 0.29) is 21.6 Å². The second-order valence-corrected chi connectivity index (χ2v) is 8.38. The molecule has 29 heavy (non-hydrogen) atoms. The number of carbonyl (C=O) groups excluding carboxylic acids is 1. The number of ether oxygens (including phenoxy) is 2. The highest BCUT2D eigenvalue weighted by Gasteiger charge is 2.61. The van der Waals surface area contributed by atoms with Crippen molar-refractivity contribution in [3.63, 3.8) is 0 Å². The zero-order valence-corrected chi connectivity index (χ0v) is 17.4. The van der Waals surface area contributed by atoms with Crippen LogP contribution in [0.3, 0.4) is 0 Å². The van der Waals surface area contributed by atoms with Crippen LogP contribution in [-0.4, -0.2) is 5.97 Å². The number of para-hydroxylation sites is 1. The minimum atomic E-state index is -0.978. The number of esters is 1. The van der Waals surface area contributed by atoms with Gasteiger partial charge in [0.1, 0.15) is 10.2 Å². The number of terminal acetylenes is 1. The molecule has 0 spiro atoms. The molecule has 0 aliphatic heterocycles. The molecule has 6 heteroatoms. The van der Waals surface area contributed by atoms with Crippen LogP contribution in [0, 0.1) is 35.4 Å². The van der Waals surface area contributed by atoms with Gasteiger partial charge in [-0.15, -0.1) is 6.42 Å². The summed E-state index contributed by atoms with van der Waals surface area (Å²) in [6, 6.07) is 12.9. The number of allylic oxidation sites excluding steroid dienone is 1. The third kappa shape index (κ3) is 4.75. The summed E-state index contributed by atoms with van der Waals surface area (Å²) >= 11 is 11.5. The summed E-state index contributed by atoms with van der Waals surface area (Å²) in [7, 11) is 0. The van der Waals surface area contributed by atoms with Gasteiger partial charge >= 0.3 is 5.97 Å². The first kappa shape index (κ1) is 21.2. The van der Waals surface area contributed by atoms with E-state index >= 15 is 0 Å². The fraction of sp³-hybridized carbons (Fsp3) is 0.261. The van der Waals surface area contributed by atoms with Crippen LogP contribution >= 0.6 is 23.2 Å². The largest absolute Gasteiger partial charge is 0.454 e. The van der Waals surface area contributed by atoms with Gasteiger partial charge in [-0.3, -0.25) is 4.79 Å². The van der Waals surface area contributed by atoms with Crippen molar-refractivity contribution in [3.8, 4) is 23.8 Å². The van der Waals surface area contributed by atoms with Crippen LogP contribution < -0.4 is 4.74 Å². The smallest absolute Gasteiger partial charge is 0.311 e. The van der Waals surface area contributed by atoms with Gasteiger partial charge in [-0.2, -0.15) is 0 Å². The third-order valence-electron chi connectivity index (χ3n) is 5.08. The van der Waals surface area contributed by atoms with Gasteiger partial charge in [0.2, 0.25) is 0 Å². The molecule has 1 aliphatic carbocycles. The summed E-state index contributed by atoms with van der Waals surface area (Å²) in [4.78, 5) is 12.7. The van der Waals surface area contributed by atoms with Crippen molar-refractivity contribution >= 4 is 29.2 Å². The molecular weight excluding hydrogens is 414 g/mol. The number of rotatable bonds is 6. The van der Waals surface area contributed by atoms with Crippen LogP contribution in [0.25, 0.3) is 0 Å². The van der Waals surface area contributed by atoms with E-state index in [0.717, 1.165) is 0 Å². The lowest BCUT2D eigenvalue weighted by Crippen LogP contribution is -2.14. The minimum Gasteiger partial charge on any atom is -0.454 e. The molecule has 150 valence electrons. The van der Waals surface area contributed by atoms with Gasteiger partial charge in [-0.25, -0.2) is 4.39 Å². The average molecular weight is 433 g/mol. The predicted octanol–water partition coefficient (Wildman–Crippen LogP) is 6.43. The molecule has 0 N–H and O–H groups in total. The van der Waals surface area contributed by atoms with Gasteiger partial charge in [-0.05, 0) is 41.7 Å². The van der Waals surface area contributed by atoms with E-state index in [4.69, 9.17) is 39.1 Å². The highest BCUT2D eigenvalue weighted by atomic mass is 35.5. The fourth-order valence-electron chi connectivity index (χ4n) is 3.34. The third-order valence-corrected chi connectivity index (χ3v) is 5.34. The molecule has 0 heterocycles. The molecule has 1 fully saturated rings. The van der Waals surface area contributed by atoms with Crippen molar-refractivity contribution in [2.75, 3.05) is 0 Å². The summed E-state index contributed by atoms with van der Waals surface area (Å²) in [6.07, 6.45) is 6.23. The van der Waals surface area contributed by atoms with Gasteiger partial charge < -0.3 is 9.47 Å². The molecule has 0 aromatic heterocycles. The Kier molecular flexibility index (Phi) is 6.21. The van der Waals surface area contributed by atoms with Gasteiger partial charge in [-0.1, -0.05) is 67.2 Å². The molecule has 0 amide bonds. The Morgan fingerprint density at radius 2 is 1.93 bits per heavy atom. The lowest BCUT2D eigenvalue weighted by molar-refractivity contribution is -0.149. The molecule has 0 bridgehead atoms. The summed E-state index contributed by atoms with van der Waals surface area (Å²) in [5.41, 5.74) is 0.101.